The van der Waals surface area contributed by atoms with E-state index in [0.29, 0.717) is 5.02 Å². The highest BCUT2D eigenvalue weighted by Crippen LogP contribution is 2.21. The first kappa shape index (κ1) is 12.6. The third kappa shape index (κ3) is 3.09. The number of hydrazone groups is 1. The average Bonchev–Trinajstić information content (AvgIpc) is 2.85. The second-order valence-electron chi connectivity index (χ2n) is 3.38. The molecule has 0 radical (unpaired) electrons. The third-order valence-electron chi connectivity index (χ3n) is 2.10. The lowest BCUT2D eigenvalue weighted by Gasteiger charge is -2.02. The monoisotopic (exact) mass is 280 g/mol. The van der Waals surface area contributed by atoms with Crippen molar-refractivity contribution >= 4 is 35.1 Å². The highest BCUT2D eigenvalue weighted by molar-refractivity contribution is 7.11. The summed E-state index contributed by atoms with van der Waals surface area (Å²) in [6.45, 7) is 0. The molecule has 0 bridgehead atoms. The molecule has 92 valence electrons. The van der Waals surface area contributed by atoms with Crippen LogP contribution in [0, 0.1) is 0 Å². The number of carbonyl (C=O) groups is 1. The number of halogens is 1. The Morgan fingerprint density at radius 3 is 3.00 bits per heavy atom. The number of nitrogens with one attached hydrogen (secondary N) is 1. The zero-order valence-electron chi connectivity index (χ0n) is 9.13. The fourth-order valence-corrected chi connectivity index (χ4v) is 2.03. The fourth-order valence-electron chi connectivity index (χ4n) is 1.27. The Bertz CT molecular complexity index is 582. The minimum atomic E-state index is -0.511. The van der Waals surface area contributed by atoms with Crippen LogP contribution in [0.25, 0.3) is 0 Å². The van der Waals surface area contributed by atoms with Crippen LogP contribution in [0.5, 0.6) is 5.75 Å². The predicted octanol–water partition coefficient (Wildman–Crippen LogP) is 2.87. The molecular weight excluding hydrogens is 272 g/mol. The standard InChI is InChI=1S/C12H9ClN2O2S/c13-8-3-4-11(16)10(6-8)12(17)15-14-7-9-2-1-5-18-9/h1-7,16H,(H,15,17). The fraction of sp³-hybridized carbons (Fsp3) is 0. The highest BCUT2D eigenvalue weighted by Gasteiger charge is 2.10. The van der Waals surface area contributed by atoms with Crippen LogP contribution < -0.4 is 5.43 Å². The van der Waals surface area contributed by atoms with E-state index in [1.165, 1.54) is 35.8 Å². The summed E-state index contributed by atoms with van der Waals surface area (Å²) in [5.74, 6) is -0.647. The second-order valence-corrected chi connectivity index (χ2v) is 4.79. The van der Waals surface area contributed by atoms with Crippen molar-refractivity contribution in [2.24, 2.45) is 5.10 Å². The maximum atomic E-state index is 11.7. The van der Waals surface area contributed by atoms with Gasteiger partial charge in [-0.3, -0.25) is 4.79 Å². The molecule has 18 heavy (non-hydrogen) atoms. The summed E-state index contributed by atoms with van der Waals surface area (Å²) in [6.07, 6.45) is 1.53. The molecule has 1 aromatic carbocycles. The van der Waals surface area contributed by atoms with Crippen molar-refractivity contribution in [1.29, 1.82) is 0 Å². The number of carbonyl (C=O) groups excluding carboxylic acids is 1. The minimum Gasteiger partial charge on any atom is -0.507 e. The molecule has 0 aliphatic carbocycles. The quantitative estimate of drug-likeness (QED) is 0.671. The molecule has 1 heterocycles. The van der Waals surface area contributed by atoms with Crippen LogP contribution in [0.4, 0.5) is 0 Å². The Balaban J connectivity index is 2.06. The topological polar surface area (TPSA) is 61.7 Å². The molecule has 2 aromatic rings. The van der Waals surface area contributed by atoms with Crippen LogP contribution >= 0.6 is 22.9 Å². The van der Waals surface area contributed by atoms with Gasteiger partial charge in [-0.15, -0.1) is 11.3 Å². The third-order valence-corrected chi connectivity index (χ3v) is 3.15. The zero-order chi connectivity index (χ0) is 13.0. The Hall–Kier alpha value is -1.85. The van der Waals surface area contributed by atoms with E-state index < -0.39 is 5.91 Å². The largest absolute Gasteiger partial charge is 0.507 e. The van der Waals surface area contributed by atoms with E-state index in [0.717, 1.165) is 4.88 Å². The van der Waals surface area contributed by atoms with Crippen LogP contribution in [0.15, 0.2) is 40.8 Å². The molecule has 0 spiro atoms. The lowest BCUT2D eigenvalue weighted by atomic mass is 10.2. The molecule has 1 amide bonds. The van der Waals surface area contributed by atoms with Gasteiger partial charge in [0.15, 0.2) is 0 Å². The first-order valence-electron chi connectivity index (χ1n) is 5.02. The summed E-state index contributed by atoms with van der Waals surface area (Å²) in [4.78, 5) is 12.6. The van der Waals surface area contributed by atoms with E-state index in [9.17, 15) is 9.90 Å². The summed E-state index contributed by atoms with van der Waals surface area (Å²) >= 11 is 7.25. The van der Waals surface area contributed by atoms with Gasteiger partial charge >= 0.3 is 0 Å². The summed E-state index contributed by atoms with van der Waals surface area (Å²) in [6, 6.07) is 8.00. The molecule has 0 saturated heterocycles. The normalized spacial score (nSPS) is 10.7. The van der Waals surface area contributed by atoms with Gasteiger partial charge in [0, 0.05) is 9.90 Å². The molecule has 0 saturated carbocycles. The van der Waals surface area contributed by atoms with E-state index >= 15 is 0 Å². The molecule has 0 fully saturated rings. The van der Waals surface area contributed by atoms with Crippen LogP contribution in [-0.4, -0.2) is 17.2 Å². The van der Waals surface area contributed by atoms with Crippen LogP contribution in [0.3, 0.4) is 0 Å². The van der Waals surface area contributed by atoms with E-state index in [1.54, 1.807) is 0 Å². The minimum absolute atomic E-state index is 0.0887. The van der Waals surface area contributed by atoms with Gasteiger partial charge in [-0.25, -0.2) is 5.43 Å². The molecule has 0 unspecified atom stereocenters. The van der Waals surface area contributed by atoms with Gasteiger partial charge in [0.2, 0.25) is 0 Å². The van der Waals surface area contributed by atoms with Crippen molar-refractivity contribution in [2.45, 2.75) is 0 Å². The second kappa shape index (κ2) is 5.66. The number of hydrogen-bond acceptors (Lipinski definition) is 4. The molecular formula is C12H9ClN2O2S. The van der Waals surface area contributed by atoms with E-state index in [-0.39, 0.29) is 11.3 Å². The molecule has 1 aromatic heterocycles. The lowest BCUT2D eigenvalue weighted by Crippen LogP contribution is -2.17. The summed E-state index contributed by atoms with van der Waals surface area (Å²) in [5, 5.41) is 15.6. The van der Waals surface area contributed by atoms with Crippen LogP contribution in [-0.2, 0) is 0 Å². The van der Waals surface area contributed by atoms with Crippen molar-refractivity contribution < 1.29 is 9.90 Å². The molecule has 0 atom stereocenters. The molecule has 6 heteroatoms. The van der Waals surface area contributed by atoms with Crippen molar-refractivity contribution in [3.8, 4) is 5.75 Å². The first-order chi connectivity index (χ1) is 8.66. The predicted molar refractivity (Wildman–Crippen MR) is 72.5 cm³/mol. The maximum absolute atomic E-state index is 11.7. The van der Waals surface area contributed by atoms with E-state index in [2.05, 4.69) is 10.5 Å². The lowest BCUT2D eigenvalue weighted by molar-refractivity contribution is 0.0952. The molecule has 0 aliphatic heterocycles. The average molecular weight is 281 g/mol. The number of nitrogens with zero attached hydrogens (tertiary/aromatic N) is 1. The van der Waals surface area contributed by atoms with Gasteiger partial charge in [-0.05, 0) is 29.6 Å². The summed E-state index contributed by atoms with van der Waals surface area (Å²) in [7, 11) is 0. The van der Waals surface area contributed by atoms with Crippen molar-refractivity contribution in [2.75, 3.05) is 0 Å². The van der Waals surface area contributed by atoms with Gasteiger partial charge in [0.25, 0.3) is 5.91 Å². The Labute approximate surface area is 113 Å². The first-order valence-corrected chi connectivity index (χ1v) is 6.28. The Morgan fingerprint density at radius 1 is 1.44 bits per heavy atom. The SMILES string of the molecule is O=C(NN=Cc1cccs1)c1cc(Cl)ccc1O. The highest BCUT2D eigenvalue weighted by atomic mass is 35.5. The number of aromatic hydroxyl groups is 1. The summed E-state index contributed by atoms with van der Waals surface area (Å²) in [5.41, 5.74) is 2.41. The number of amides is 1. The molecule has 2 rings (SSSR count). The number of rotatable bonds is 3. The van der Waals surface area contributed by atoms with E-state index in [1.807, 2.05) is 17.5 Å². The van der Waals surface area contributed by atoms with Crippen LogP contribution in [0.2, 0.25) is 5.02 Å². The number of thiophene rings is 1. The molecule has 2 N–H and O–H groups in total. The molecule has 0 aliphatic rings. The van der Waals surface area contributed by atoms with E-state index in [4.69, 9.17) is 11.6 Å². The van der Waals surface area contributed by atoms with Gasteiger partial charge < -0.3 is 5.11 Å². The van der Waals surface area contributed by atoms with Gasteiger partial charge in [0.1, 0.15) is 5.75 Å². The maximum Gasteiger partial charge on any atom is 0.275 e. The number of phenolic OH excluding ortho intramolecular Hbond substituents is 1. The van der Waals surface area contributed by atoms with Gasteiger partial charge in [0.05, 0.1) is 11.8 Å². The van der Waals surface area contributed by atoms with Crippen molar-refractivity contribution in [3.63, 3.8) is 0 Å². The Morgan fingerprint density at radius 2 is 2.28 bits per heavy atom. The zero-order valence-corrected chi connectivity index (χ0v) is 10.7. The number of phenols is 1. The molecule has 4 nitrogen and oxygen atoms in total. The number of benzene rings is 1. The van der Waals surface area contributed by atoms with Crippen LogP contribution in [0.1, 0.15) is 15.2 Å². The smallest absolute Gasteiger partial charge is 0.275 e. The van der Waals surface area contributed by atoms with Crippen molar-refractivity contribution in [1.82, 2.24) is 5.43 Å². The Kier molecular flexibility index (Phi) is 3.96. The number of hydrogen-bond donors (Lipinski definition) is 2. The van der Waals surface area contributed by atoms with Crippen molar-refractivity contribution in [3.05, 3.63) is 51.2 Å². The summed E-state index contributed by atoms with van der Waals surface area (Å²) < 4.78 is 0. The van der Waals surface area contributed by atoms with Gasteiger partial charge in [-0.2, -0.15) is 5.10 Å². The van der Waals surface area contributed by atoms with Gasteiger partial charge in [-0.1, -0.05) is 17.7 Å².